The van der Waals surface area contributed by atoms with Gasteiger partial charge in [-0.2, -0.15) is 0 Å². The Labute approximate surface area is 163 Å². The van der Waals surface area contributed by atoms with Crippen LogP contribution < -0.4 is 10.2 Å². The van der Waals surface area contributed by atoms with Crippen LogP contribution in [0.25, 0.3) is 0 Å². The molecule has 26 heavy (non-hydrogen) atoms. The summed E-state index contributed by atoms with van der Waals surface area (Å²) in [6.45, 7) is 9.63. The molecule has 2 amide bonds. The summed E-state index contributed by atoms with van der Waals surface area (Å²) in [4.78, 5) is 36.3. The minimum atomic E-state index is -0.0434. The molecule has 1 aromatic rings. The predicted octanol–water partition coefficient (Wildman–Crippen LogP) is 2.19. The number of halogens is 1. The Hall–Kier alpha value is -1.54. The Bertz CT molecular complexity index is 660. The van der Waals surface area contributed by atoms with Gasteiger partial charge in [-0.1, -0.05) is 30.3 Å². The van der Waals surface area contributed by atoms with Gasteiger partial charge in [0.2, 0.25) is 11.8 Å². The van der Waals surface area contributed by atoms with Gasteiger partial charge in [-0.25, -0.2) is 9.97 Å². The van der Waals surface area contributed by atoms with Crippen molar-refractivity contribution in [2.75, 3.05) is 30.3 Å². The molecule has 1 aliphatic heterocycles. The van der Waals surface area contributed by atoms with Gasteiger partial charge in [0, 0.05) is 44.7 Å². The third-order valence-corrected chi connectivity index (χ3v) is 5.41. The third-order valence-electron chi connectivity index (χ3n) is 4.37. The lowest BCUT2D eigenvalue weighted by Crippen LogP contribution is -2.53. The van der Waals surface area contributed by atoms with Gasteiger partial charge in [0.25, 0.3) is 0 Å². The predicted molar refractivity (Wildman–Crippen MR) is 105 cm³/mol. The van der Waals surface area contributed by atoms with E-state index in [9.17, 15) is 9.59 Å². The normalized spacial score (nSPS) is 18.6. The van der Waals surface area contributed by atoms with E-state index in [1.807, 2.05) is 25.7 Å². The minimum absolute atomic E-state index is 0.0434. The summed E-state index contributed by atoms with van der Waals surface area (Å²) >= 11 is 7.42. The SMILES string of the molecule is CC[C@@H](C)NC(=O)CSc1nc(Cl)cc(N2CCN(C(C)=O)[C@H](C)C2)n1. The number of nitrogens with one attached hydrogen (secondary N) is 1. The van der Waals surface area contributed by atoms with E-state index in [0.717, 1.165) is 12.2 Å². The number of nitrogens with zero attached hydrogens (tertiary/aromatic N) is 4. The average Bonchev–Trinajstić information content (AvgIpc) is 2.59. The molecule has 1 N–H and O–H groups in total. The van der Waals surface area contributed by atoms with Crippen LogP contribution in [0.1, 0.15) is 34.1 Å². The smallest absolute Gasteiger partial charge is 0.230 e. The molecule has 1 saturated heterocycles. The fraction of sp³-hybridized carbons (Fsp3) is 0.647. The van der Waals surface area contributed by atoms with E-state index < -0.39 is 0 Å². The van der Waals surface area contributed by atoms with Crippen LogP contribution in [-0.4, -0.2) is 64.2 Å². The van der Waals surface area contributed by atoms with E-state index in [2.05, 4.69) is 20.2 Å². The highest BCUT2D eigenvalue weighted by molar-refractivity contribution is 7.99. The highest BCUT2D eigenvalue weighted by Gasteiger charge is 2.26. The molecule has 1 fully saturated rings. The second-order valence-corrected chi connectivity index (χ2v) is 7.83. The van der Waals surface area contributed by atoms with Gasteiger partial charge >= 0.3 is 0 Å². The van der Waals surface area contributed by atoms with E-state index in [-0.39, 0.29) is 29.7 Å². The number of piperazine rings is 1. The Morgan fingerprint density at radius 3 is 2.77 bits per heavy atom. The number of anilines is 1. The first-order valence-corrected chi connectivity index (χ1v) is 10.1. The molecule has 7 nitrogen and oxygen atoms in total. The van der Waals surface area contributed by atoms with Crippen LogP contribution in [-0.2, 0) is 9.59 Å². The lowest BCUT2D eigenvalue weighted by Gasteiger charge is -2.40. The van der Waals surface area contributed by atoms with E-state index in [1.165, 1.54) is 11.8 Å². The summed E-state index contributed by atoms with van der Waals surface area (Å²) in [5.41, 5.74) is 0. The third kappa shape index (κ3) is 5.74. The zero-order valence-corrected chi connectivity index (χ0v) is 17.2. The number of carbonyl (C=O) groups is 2. The van der Waals surface area contributed by atoms with Crippen LogP contribution in [0.2, 0.25) is 5.15 Å². The van der Waals surface area contributed by atoms with Crippen LogP contribution in [0.4, 0.5) is 5.82 Å². The molecule has 1 aliphatic rings. The summed E-state index contributed by atoms with van der Waals surface area (Å²) < 4.78 is 0. The summed E-state index contributed by atoms with van der Waals surface area (Å²) in [7, 11) is 0. The summed E-state index contributed by atoms with van der Waals surface area (Å²) in [5.74, 6) is 1.02. The molecule has 2 atom stereocenters. The summed E-state index contributed by atoms with van der Waals surface area (Å²) in [6, 6.07) is 1.98. The van der Waals surface area contributed by atoms with Crippen molar-refractivity contribution < 1.29 is 9.59 Å². The molecule has 2 heterocycles. The first kappa shape index (κ1) is 20.8. The Morgan fingerprint density at radius 2 is 2.15 bits per heavy atom. The quantitative estimate of drug-likeness (QED) is 0.449. The largest absolute Gasteiger partial charge is 0.353 e. The molecule has 0 saturated carbocycles. The van der Waals surface area contributed by atoms with Crippen LogP contribution in [0.15, 0.2) is 11.2 Å². The van der Waals surface area contributed by atoms with Crippen molar-refractivity contribution in [3.63, 3.8) is 0 Å². The van der Waals surface area contributed by atoms with E-state index in [0.29, 0.717) is 29.9 Å². The second-order valence-electron chi connectivity index (χ2n) is 6.50. The molecule has 0 aromatic carbocycles. The summed E-state index contributed by atoms with van der Waals surface area (Å²) in [5, 5.41) is 3.75. The van der Waals surface area contributed by atoms with Gasteiger partial charge in [0.1, 0.15) is 11.0 Å². The Morgan fingerprint density at radius 1 is 1.42 bits per heavy atom. The number of aromatic nitrogens is 2. The van der Waals surface area contributed by atoms with Crippen LogP contribution >= 0.6 is 23.4 Å². The number of carbonyl (C=O) groups excluding carboxylic acids is 2. The number of amides is 2. The zero-order chi connectivity index (χ0) is 19.3. The number of hydrogen-bond acceptors (Lipinski definition) is 6. The van der Waals surface area contributed by atoms with Crippen molar-refractivity contribution in [1.82, 2.24) is 20.2 Å². The monoisotopic (exact) mass is 399 g/mol. The average molecular weight is 400 g/mol. The number of thioether (sulfide) groups is 1. The molecule has 2 rings (SSSR count). The first-order chi connectivity index (χ1) is 12.3. The van der Waals surface area contributed by atoms with Crippen LogP contribution in [0, 0.1) is 0 Å². The van der Waals surface area contributed by atoms with Gasteiger partial charge in [0.05, 0.1) is 5.75 Å². The lowest BCUT2D eigenvalue weighted by molar-refractivity contribution is -0.131. The van der Waals surface area contributed by atoms with Gasteiger partial charge < -0.3 is 15.1 Å². The molecular weight excluding hydrogens is 374 g/mol. The number of rotatable bonds is 6. The molecule has 0 radical (unpaired) electrons. The van der Waals surface area contributed by atoms with Crippen molar-refractivity contribution in [1.29, 1.82) is 0 Å². The zero-order valence-electron chi connectivity index (χ0n) is 15.7. The highest BCUT2D eigenvalue weighted by Crippen LogP contribution is 2.24. The minimum Gasteiger partial charge on any atom is -0.353 e. The summed E-state index contributed by atoms with van der Waals surface area (Å²) in [6.07, 6.45) is 0.888. The molecule has 0 bridgehead atoms. The van der Waals surface area contributed by atoms with Crippen LogP contribution in [0.3, 0.4) is 0 Å². The molecule has 0 spiro atoms. The van der Waals surface area contributed by atoms with Crippen LogP contribution in [0.5, 0.6) is 0 Å². The van der Waals surface area contributed by atoms with Crippen molar-refractivity contribution in [3.05, 3.63) is 11.2 Å². The van der Waals surface area contributed by atoms with Crippen molar-refractivity contribution in [2.45, 2.75) is 51.4 Å². The maximum Gasteiger partial charge on any atom is 0.230 e. The van der Waals surface area contributed by atoms with Crippen molar-refractivity contribution in [2.24, 2.45) is 0 Å². The fourth-order valence-electron chi connectivity index (χ4n) is 2.79. The maximum atomic E-state index is 11.9. The van der Waals surface area contributed by atoms with Crippen molar-refractivity contribution in [3.8, 4) is 0 Å². The van der Waals surface area contributed by atoms with Gasteiger partial charge in [0.15, 0.2) is 5.16 Å². The topological polar surface area (TPSA) is 78.4 Å². The highest BCUT2D eigenvalue weighted by atomic mass is 35.5. The fourth-order valence-corrected chi connectivity index (χ4v) is 3.69. The first-order valence-electron chi connectivity index (χ1n) is 8.79. The molecule has 0 unspecified atom stereocenters. The second kappa shape index (κ2) is 9.41. The van der Waals surface area contributed by atoms with Gasteiger partial charge in [-0.05, 0) is 20.3 Å². The van der Waals surface area contributed by atoms with E-state index in [4.69, 9.17) is 11.6 Å². The Kier molecular flexibility index (Phi) is 7.52. The van der Waals surface area contributed by atoms with E-state index in [1.54, 1.807) is 13.0 Å². The van der Waals surface area contributed by atoms with Gasteiger partial charge in [-0.15, -0.1) is 0 Å². The Balaban J connectivity index is 2.01. The standard InChI is InChI=1S/C17H26ClN5O2S/c1-5-11(2)19-16(25)10-26-17-20-14(18)8-15(21-17)22-6-7-23(13(4)24)12(3)9-22/h8,11-12H,5-7,9-10H2,1-4H3,(H,19,25)/t11-,12-/m1/s1. The lowest BCUT2D eigenvalue weighted by atomic mass is 10.2. The maximum absolute atomic E-state index is 11.9. The number of hydrogen-bond donors (Lipinski definition) is 1. The molecule has 144 valence electrons. The molecular formula is C17H26ClN5O2S. The molecule has 1 aromatic heterocycles. The van der Waals surface area contributed by atoms with E-state index >= 15 is 0 Å². The van der Waals surface area contributed by atoms with Crippen molar-refractivity contribution >= 4 is 41.0 Å². The van der Waals surface area contributed by atoms with Gasteiger partial charge in [-0.3, -0.25) is 9.59 Å². The molecule has 0 aliphatic carbocycles. The molecule has 9 heteroatoms.